The van der Waals surface area contributed by atoms with Gasteiger partial charge in [0.15, 0.2) is 0 Å². The largest absolute Gasteiger partial charge is 0.352 e. The molecule has 1 unspecified atom stereocenters. The van der Waals surface area contributed by atoms with Gasteiger partial charge in [0.1, 0.15) is 0 Å². The maximum atomic E-state index is 11.8. The first-order valence-electron chi connectivity index (χ1n) is 6.65. The van der Waals surface area contributed by atoms with Gasteiger partial charge in [-0.05, 0) is 43.5 Å². The van der Waals surface area contributed by atoms with Crippen LogP contribution in [0.4, 0.5) is 0 Å². The zero-order valence-corrected chi connectivity index (χ0v) is 13.1. The fourth-order valence-corrected chi connectivity index (χ4v) is 3.29. The van der Waals surface area contributed by atoms with E-state index in [0.29, 0.717) is 5.75 Å². The van der Waals surface area contributed by atoms with Crippen molar-refractivity contribution in [1.29, 1.82) is 0 Å². The zero-order valence-electron chi connectivity index (χ0n) is 11.5. The van der Waals surface area contributed by atoms with Crippen LogP contribution in [0.25, 0.3) is 0 Å². The molecule has 1 aliphatic rings. The van der Waals surface area contributed by atoms with Crippen LogP contribution in [-0.4, -0.2) is 26.1 Å². The van der Waals surface area contributed by atoms with Crippen molar-refractivity contribution < 1.29 is 13.2 Å². The number of thioether (sulfide) groups is 1. The van der Waals surface area contributed by atoms with Gasteiger partial charge < -0.3 is 5.32 Å². The molecule has 1 aromatic carbocycles. The van der Waals surface area contributed by atoms with Crippen molar-refractivity contribution in [2.24, 2.45) is 5.14 Å². The van der Waals surface area contributed by atoms with Crippen LogP contribution >= 0.6 is 11.8 Å². The lowest BCUT2D eigenvalue weighted by Gasteiger charge is -2.19. The number of carbonyl (C=O) groups is 1. The first-order valence-corrected chi connectivity index (χ1v) is 9.18. The van der Waals surface area contributed by atoms with E-state index in [1.807, 2.05) is 0 Å². The fraction of sp³-hybridized carbons (Fsp3) is 0.357. The molecule has 0 radical (unpaired) electrons. The van der Waals surface area contributed by atoms with Crippen molar-refractivity contribution >= 4 is 27.7 Å². The van der Waals surface area contributed by atoms with Gasteiger partial charge in [-0.1, -0.05) is 12.2 Å². The Balaban J connectivity index is 1.82. The Morgan fingerprint density at radius 1 is 1.29 bits per heavy atom. The van der Waals surface area contributed by atoms with Crippen molar-refractivity contribution in [1.82, 2.24) is 5.32 Å². The van der Waals surface area contributed by atoms with E-state index in [-0.39, 0.29) is 16.8 Å². The first kappa shape index (κ1) is 16.1. The van der Waals surface area contributed by atoms with Gasteiger partial charge in [0.2, 0.25) is 15.9 Å². The maximum Gasteiger partial charge on any atom is 0.238 e. The predicted molar refractivity (Wildman–Crippen MR) is 83.5 cm³/mol. The van der Waals surface area contributed by atoms with Crippen LogP contribution in [0.1, 0.15) is 19.3 Å². The first-order chi connectivity index (χ1) is 9.95. The number of hydrogen-bond acceptors (Lipinski definition) is 4. The molecule has 2 rings (SSSR count). The number of hydrogen-bond donors (Lipinski definition) is 2. The number of amides is 1. The number of nitrogens with two attached hydrogens (primary N) is 1. The van der Waals surface area contributed by atoms with Gasteiger partial charge in [-0.15, -0.1) is 11.8 Å². The SMILES string of the molecule is NS(=O)(=O)c1ccc(SCC(=O)NC2CC=CCC2)cc1. The Morgan fingerprint density at radius 3 is 2.57 bits per heavy atom. The van der Waals surface area contributed by atoms with E-state index in [2.05, 4.69) is 17.5 Å². The average molecular weight is 326 g/mol. The molecule has 5 nitrogen and oxygen atoms in total. The second-order valence-corrected chi connectivity index (χ2v) is 7.46. The van der Waals surface area contributed by atoms with Crippen LogP contribution in [-0.2, 0) is 14.8 Å². The number of rotatable bonds is 5. The second kappa shape index (κ2) is 7.11. The van der Waals surface area contributed by atoms with Gasteiger partial charge in [0.05, 0.1) is 10.6 Å². The van der Waals surface area contributed by atoms with Gasteiger partial charge in [0.25, 0.3) is 0 Å². The molecule has 0 fully saturated rings. The smallest absolute Gasteiger partial charge is 0.238 e. The highest BCUT2D eigenvalue weighted by molar-refractivity contribution is 8.00. The molecule has 1 aliphatic carbocycles. The molecule has 7 heteroatoms. The van der Waals surface area contributed by atoms with E-state index in [1.54, 1.807) is 12.1 Å². The highest BCUT2D eigenvalue weighted by Crippen LogP contribution is 2.20. The third kappa shape index (κ3) is 5.18. The summed E-state index contributed by atoms with van der Waals surface area (Å²) in [6, 6.07) is 6.43. The minimum Gasteiger partial charge on any atom is -0.352 e. The third-order valence-electron chi connectivity index (χ3n) is 3.16. The fourth-order valence-electron chi connectivity index (χ4n) is 2.07. The molecule has 114 valence electrons. The summed E-state index contributed by atoms with van der Waals surface area (Å²) in [4.78, 5) is 12.7. The summed E-state index contributed by atoms with van der Waals surface area (Å²) >= 11 is 1.37. The van der Waals surface area contributed by atoms with E-state index >= 15 is 0 Å². The molecule has 1 atom stereocenters. The number of nitrogens with one attached hydrogen (secondary N) is 1. The van der Waals surface area contributed by atoms with E-state index in [0.717, 1.165) is 24.2 Å². The van der Waals surface area contributed by atoms with Crippen molar-refractivity contribution in [3.63, 3.8) is 0 Å². The van der Waals surface area contributed by atoms with E-state index in [9.17, 15) is 13.2 Å². The molecule has 3 N–H and O–H groups in total. The van der Waals surface area contributed by atoms with Gasteiger partial charge in [-0.25, -0.2) is 13.6 Å². The quantitative estimate of drug-likeness (QED) is 0.636. The average Bonchev–Trinajstić information content (AvgIpc) is 2.46. The molecule has 1 amide bonds. The zero-order chi connectivity index (χ0) is 15.3. The van der Waals surface area contributed by atoms with Crippen molar-refractivity contribution in [2.45, 2.75) is 35.1 Å². The molecule has 1 aromatic rings. The van der Waals surface area contributed by atoms with E-state index in [4.69, 9.17) is 5.14 Å². The van der Waals surface area contributed by atoms with Crippen molar-refractivity contribution in [3.8, 4) is 0 Å². The van der Waals surface area contributed by atoms with Gasteiger partial charge >= 0.3 is 0 Å². The minimum absolute atomic E-state index is 0.00387. The number of benzene rings is 1. The predicted octanol–water partition coefficient (Wildman–Crippen LogP) is 1.65. The second-order valence-electron chi connectivity index (χ2n) is 4.85. The monoisotopic (exact) mass is 326 g/mol. The van der Waals surface area contributed by atoms with Gasteiger partial charge in [-0.3, -0.25) is 4.79 Å². The summed E-state index contributed by atoms with van der Waals surface area (Å²) in [5, 5.41) is 8.03. The van der Waals surface area contributed by atoms with E-state index in [1.165, 1.54) is 23.9 Å². The normalized spacial score (nSPS) is 18.4. The maximum absolute atomic E-state index is 11.8. The molecule has 0 saturated carbocycles. The molecular formula is C14H18N2O3S2. The van der Waals surface area contributed by atoms with Crippen LogP contribution in [0.5, 0.6) is 0 Å². The molecule has 21 heavy (non-hydrogen) atoms. The molecule has 0 saturated heterocycles. The molecule has 0 heterocycles. The summed E-state index contributed by atoms with van der Waals surface area (Å²) in [5.41, 5.74) is 0. The lowest BCUT2D eigenvalue weighted by Crippen LogP contribution is -2.36. The van der Waals surface area contributed by atoms with Crippen LogP contribution in [0.3, 0.4) is 0 Å². The Bertz CT molecular complexity index is 624. The summed E-state index contributed by atoms with van der Waals surface area (Å²) < 4.78 is 22.3. The van der Waals surface area contributed by atoms with Crippen LogP contribution in [0, 0.1) is 0 Å². The Hall–Kier alpha value is -1.31. The number of sulfonamides is 1. The Morgan fingerprint density at radius 2 is 2.00 bits per heavy atom. The number of allylic oxidation sites excluding steroid dienone is 1. The molecule has 0 bridgehead atoms. The molecule has 0 aromatic heterocycles. The highest BCUT2D eigenvalue weighted by Gasteiger charge is 2.13. The lowest BCUT2D eigenvalue weighted by atomic mass is 10.0. The highest BCUT2D eigenvalue weighted by atomic mass is 32.2. The van der Waals surface area contributed by atoms with Crippen LogP contribution < -0.4 is 10.5 Å². The standard InChI is InChI=1S/C14H18N2O3S2/c15-21(18,19)13-8-6-12(7-9-13)20-10-14(17)16-11-4-2-1-3-5-11/h1-2,6-9,11H,3-5,10H2,(H,16,17)(H2,15,18,19). The topological polar surface area (TPSA) is 89.3 Å². The van der Waals surface area contributed by atoms with Gasteiger partial charge in [-0.2, -0.15) is 0 Å². The molecule has 0 aliphatic heterocycles. The minimum atomic E-state index is -3.67. The Kier molecular flexibility index (Phi) is 5.44. The van der Waals surface area contributed by atoms with Gasteiger partial charge in [0, 0.05) is 10.9 Å². The molecular weight excluding hydrogens is 308 g/mol. The summed E-state index contributed by atoms with van der Waals surface area (Å²) in [6.45, 7) is 0. The summed E-state index contributed by atoms with van der Waals surface area (Å²) in [5.74, 6) is 0.311. The third-order valence-corrected chi connectivity index (χ3v) is 5.10. The lowest BCUT2D eigenvalue weighted by molar-refractivity contribution is -0.119. The van der Waals surface area contributed by atoms with Crippen LogP contribution in [0.15, 0.2) is 46.2 Å². The van der Waals surface area contributed by atoms with Crippen molar-refractivity contribution in [3.05, 3.63) is 36.4 Å². The Labute approximate surface area is 129 Å². The van der Waals surface area contributed by atoms with Crippen molar-refractivity contribution in [2.75, 3.05) is 5.75 Å². The van der Waals surface area contributed by atoms with Crippen LogP contribution in [0.2, 0.25) is 0 Å². The summed E-state index contributed by atoms with van der Waals surface area (Å²) in [6.07, 6.45) is 7.10. The molecule has 0 spiro atoms. The number of carbonyl (C=O) groups excluding carboxylic acids is 1. The number of primary sulfonamides is 1. The summed E-state index contributed by atoms with van der Waals surface area (Å²) in [7, 11) is -3.67. The van der Waals surface area contributed by atoms with E-state index < -0.39 is 10.0 Å².